The first-order valence-corrected chi connectivity index (χ1v) is 6.67. The summed E-state index contributed by atoms with van der Waals surface area (Å²) in [5, 5.41) is 9.58. The fourth-order valence-electron chi connectivity index (χ4n) is 3.44. The van der Waals surface area contributed by atoms with Gasteiger partial charge in [0.05, 0.1) is 6.10 Å². The molecule has 0 aromatic carbocycles. The number of hydrogen-bond donors (Lipinski definition) is 1. The van der Waals surface area contributed by atoms with E-state index in [1.807, 2.05) is 0 Å². The van der Waals surface area contributed by atoms with Crippen LogP contribution in [0.15, 0.2) is 0 Å². The van der Waals surface area contributed by atoms with E-state index in [2.05, 4.69) is 11.8 Å². The van der Waals surface area contributed by atoms with Gasteiger partial charge in [-0.15, -0.1) is 0 Å². The molecule has 1 atom stereocenters. The summed E-state index contributed by atoms with van der Waals surface area (Å²) in [7, 11) is 1.74. The highest BCUT2D eigenvalue weighted by atomic mass is 16.5. The molecule has 4 heteroatoms. The molecule has 2 aliphatic rings. The van der Waals surface area contributed by atoms with Crippen LogP contribution in [0.5, 0.6) is 0 Å². The maximum Gasteiger partial charge on any atom is 0.324 e. The predicted molar refractivity (Wildman–Crippen MR) is 65.0 cm³/mol. The number of carbonyl (C=O) groups is 1. The molecule has 1 aliphatic carbocycles. The Balaban J connectivity index is 2.07. The van der Waals surface area contributed by atoms with Gasteiger partial charge in [0.1, 0.15) is 5.54 Å². The lowest BCUT2D eigenvalue weighted by molar-refractivity contribution is -0.155. The van der Waals surface area contributed by atoms with E-state index in [9.17, 15) is 9.90 Å². The summed E-state index contributed by atoms with van der Waals surface area (Å²) >= 11 is 0. The molecule has 1 heterocycles. The summed E-state index contributed by atoms with van der Waals surface area (Å²) in [6, 6.07) is 0.421. The molecule has 1 aliphatic heterocycles. The molecule has 1 saturated heterocycles. The number of aliphatic carboxylic acids is 1. The van der Waals surface area contributed by atoms with Crippen molar-refractivity contribution in [1.82, 2.24) is 4.90 Å². The summed E-state index contributed by atoms with van der Waals surface area (Å²) in [4.78, 5) is 13.9. The minimum absolute atomic E-state index is 0.341. The van der Waals surface area contributed by atoms with Crippen molar-refractivity contribution >= 4 is 5.97 Å². The fraction of sp³-hybridized carbons (Fsp3) is 0.923. The van der Waals surface area contributed by atoms with Gasteiger partial charge in [0.25, 0.3) is 0 Å². The first-order valence-electron chi connectivity index (χ1n) is 6.67. The molecule has 0 amide bonds. The molecule has 2 fully saturated rings. The van der Waals surface area contributed by atoms with Crippen LogP contribution in [0.25, 0.3) is 0 Å². The Morgan fingerprint density at radius 2 is 2.24 bits per heavy atom. The molecule has 0 aromatic rings. The van der Waals surface area contributed by atoms with Crippen molar-refractivity contribution in [3.05, 3.63) is 0 Å². The maximum absolute atomic E-state index is 11.6. The van der Waals surface area contributed by atoms with Gasteiger partial charge in [0.2, 0.25) is 0 Å². The van der Waals surface area contributed by atoms with Crippen molar-refractivity contribution in [1.29, 1.82) is 0 Å². The van der Waals surface area contributed by atoms with Crippen LogP contribution in [0.4, 0.5) is 0 Å². The smallest absolute Gasteiger partial charge is 0.324 e. The van der Waals surface area contributed by atoms with Crippen LogP contribution in [0.2, 0.25) is 0 Å². The first-order chi connectivity index (χ1) is 8.14. The Morgan fingerprint density at radius 1 is 1.53 bits per heavy atom. The largest absolute Gasteiger partial charge is 0.480 e. The van der Waals surface area contributed by atoms with Gasteiger partial charge in [-0.25, -0.2) is 0 Å². The summed E-state index contributed by atoms with van der Waals surface area (Å²) in [6.07, 6.45) is 5.86. The van der Waals surface area contributed by atoms with Crippen LogP contribution < -0.4 is 0 Å². The van der Waals surface area contributed by atoms with Crippen molar-refractivity contribution in [3.8, 4) is 0 Å². The molecule has 0 bridgehead atoms. The van der Waals surface area contributed by atoms with Crippen LogP contribution in [-0.4, -0.2) is 47.3 Å². The van der Waals surface area contributed by atoms with Gasteiger partial charge < -0.3 is 9.84 Å². The molecular formula is C13H23NO3. The summed E-state index contributed by atoms with van der Waals surface area (Å²) in [6.45, 7) is 3.01. The second kappa shape index (κ2) is 4.94. The molecule has 0 aromatic heterocycles. The van der Waals surface area contributed by atoms with Gasteiger partial charge in [-0.1, -0.05) is 13.3 Å². The highest BCUT2D eigenvalue weighted by Crippen LogP contribution is 2.41. The topological polar surface area (TPSA) is 49.8 Å². The van der Waals surface area contributed by atoms with E-state index in [1.165, 1.54) is 0 Å². The van der Waals surface area contributed by atoms with E-state index >= 15 is 0 Å². The van der Waals surface area contributed by atoms with Gasteiger partial charge in [-0.05, 0) is 38.6 Å². The van der Waals surface area contributed by atoms with Crippen LogP contribution in [0.3, 0.4) is 0 Å². The van der Waals surface area contributed by atoms with Gasteiger partial charge in [-0.3, -0.25) is 9.69 Å². The van der Waals surface area contributed by atoms with Gasteiger partial charge in [0, 0.05) is 13.2 Å². The van der Waals surface area contributed by atoms with E-state index in [-0.39, 0.29) is 0 Å². The van der Waals surface area contributed by atoms with Crippen molar-refractivity contribution in [2.75, 3.05) is 13.7 Å². The quantitative estimate of drug-likeness (QED) is 0.798. The normalized spacial score (nSPS) is 38.0. The average Bonchev–Trinajstić information content (AvgIpc) is 2.62. The molecule has 4 nitrogen and oxygen atoms in total. The maximum atomic E-state index is 11.6. The molecule has 98 valence electrons. The molecule has 17 heavy (non-hydrogen) atoms. The summed E-state index contributed by atoms with van der Waals surface area (Å²) in [5.74, 6) is -0.627. The standard InChI is InChI=1S/C13H23NO3/c1-3-5-13(12(15)16)6-4-7-14(13)10-8-11(9-10)17-2/h10-11H,3-9H2,1-2H3,(H,15,16). The third kappa shape index (κ3) is 2.08. The minimum atomic E-state index is -0.627. The lowest BCUT2D eigenvalue weighted by Gasteiger charge is -2.47. The molecule has 0 spiro atoms. The number of likely N-dealkylation sites (tertiary alicyclic amines) is 1. The summed E-state index contributed by atoms with van der Waals surface area (Å²) in [5.41, 5.74) is -0.585. The second-order valence-corrected chi connectivity index (χ2v) is 5.37. The highest BCUT2D eigenvalue weighted by Gasteiger charge is 2.51. The average molecular weight is 241 g/mol. The Bertz CT molecular complexity index is 288. The van der Waals surface area contributed by atoms with Crippen molar-refractivity contribution < 1.29 is 14.6 Å². The van der Waals surface area contributed by atoms with Crippen molar-refractivity contribution in [2.24, 2.45) is 0 Å². The van der Waals surface area contributed by atoms with Crippen LogP contribution in [0.1, 0.15) is 45.4 Å². The first kappa shape index (κ1) is 12.8. The zero-order valence-corrected chi connectivity index (χ0v) is 10.8. The molecule has 1 saturated carbocycles. The minimum Gasteiger partial charge on any atom is -0.480 e. The molecule has 1 unspecified atom stereocenters. The highest BCUT2D eigenvalue weighted by molar-refractivity contribution is 5.79. The Hall–Kier alpha value is -0.610. The zero-order chi connectivity index (χ0) is 12.5. The fourth-order valence-corrected chi connectivity index (χ4v) is 3.44. The van der Waals surface area contributed by atoms with Crippen LogP contribution >= 0.6 is 0 Å². The summed E-state index contributed by atoms with van der Waals surface area (Å²) < 4.78 is 5.29. The van der Waals surface area contributed by atoms with Gasteiger partial charge in [-0.2, -0.15) is 0 Å². The van der Waals surface area contributed by atoms with Crippen LogP contribution in [-0.2, 0) is 9.53 Å². The monoisotopic (exact) mass is 241 g/mol. The Morgan fingerprint density at radius 3 is 2.76 bits per heavy atom. The number of hydrogen-bond acceptors (Lipinski definition) is 3. The van der Waals surface area contributed by atoms with Crippen LogP contribution in [0, 0.1) is 0 Å². The van der Waals surface area contributed by atoms with Crippen molar-refractivity contribution in [3.63, 3.8) is 0 Å². The number of rotatable bonds is 5. The predicted octanol–water partition coefficient (Wildman–Crippen LogP) is 1.88. The van der Waals surface area contributed by atoms with E-state index in [4.69, 9.17) is 4.74 Å². The number of nitrogens with zero attached hydrogens (tertiary/aromatic N) is 1. The zero-order valence-electron chi connectivity index (χ0n) is 10.8. The Labute approximate surface area is 103 Å². The molecule has 1 N–H and O–H groups in total. The van der Waals surface area contributed by atoms with Gasteiger partial charge in [0.15, 0.2) is 0 Å². The molecule has 0 radical (unpaired) electrons. The van der Waals surface area contributed by atoms with E-state index < -0.39 is 11.5 Å². The third-order valence-corrected chi connectivity index (χ3v) is 4.44. The van der Waals surface area contributed by atoms with E-state index in [1.54, 1.807) is 7.11 Å². The third-order valence-electron chi connectivity index (χ3n) is 4.44. The second-order valence-electron chi connectivity index (χ2n) is 5.37. The molecule has 2 rings (SSSR count). The number of carboxylic acids is 1. The molecular weight excluding hydrogens is 218 g/mol. The van der Waals surface area contributed by atoms with E-state index in [0.29, 0.717) is 12.1 Å². The Kier molecular flexibility index (Phi) is 3.73. The van der Waals surface area contributed by atoms with E-state index in [0.717, 1.165) is 45.1 Å². The number of methoxy groups -OCH3 is 1. The lowest BCUT2D eigenvalue weighted by atomic mass is 9.82. The van der Waals surface area contributed by atoms with Crippen molar-refractivity contribution in [2.45, 2.75) is 63.1 Å². The van der Waals surface area contributed by atoms with Gasteiger partial charge >= 0.3 is 5.97 Å². The number of carboxylic acid groups (broad SMARTS) is 1. The lowest BCUT2D eigenvalue weighted by Crippen LogP contribution is -2.59. The SMILES string of the molecule is CCCC1(C(=O)O)CCCN1C1CC(OC)C1. The number of ether oxygens (including phenoxy) is 1.